The Balaban J connectivity index is 1.95. The SMILES string of the molecule is CC1(C)CC(=O)C2=C(C1)Nc1[nH][nH]c(=O)c1[C@H]2c1cccc([N+](=O)[O-])c1. The Morgan fingerprint density at radius 1 is 1.19 bits per heavy atom. The lowest BCUT2D eigenvalue weighted by Gasteiger charge is -2.37. The second kappa shape index (κ2) is 5.42. The number of aromatic nitrogens is 2. The molecule has 0 unspecified atom stereocenters. The normalized spacial score (nSPS) is 21.0. The highest BCUT2D eigenvalue weighted by atomic mass is 16.6. The molecule has 8 nitrogen and oxygen atoms in total. The van der Waals surface area contributed by atoms with Crippen molar-refractivity contribution in [1.82, 2.24) is 10.2 Å². The number of nitro groups is 1. The number of H-pyrrole nitrogens is 2. The number of fused-ring (bicyclic) bond motifs is 1. The van der Waals surface area contributed by atoms with Crippen LogP contribution >= 0.6 is 0 Å². The maximum atomic E-state index is 12.9. The minimum absolute atomic E-state index is 0.0356. The predicted octanol–water partition coefficient (Wildman–Crippen LogP) is 2.81. The summed E-state index contributed by atoms with van der Waals surface area (Å²) < 4.78 is 0. The van der Waals surface area contributed by atoms with Crippen molar-refractivity contribution in [1.29, 1.82) is 0 Å². The van der Waals surface area contributed by atoms with Crippen LogP contribution in [0.15, 0.2) is 40.3 Å². The van der Waals surface area contributed by atoms with Crippen LogP contribution in [0, 0.1) is 15.5 Å². The highest BCUT2D eigenvalue weighted by molar-refractivity contribution is 6.01. The molecule has 0 radical (unpaired) electrons. The molecule has 1 aromatic heterocycles. The quantitative estimate of drug-likeness (QED) is 0.565. The van der Waals surface area contributed by atoms with Gasteiger partial charge in [0.05, 0.1) is 10.5 Å². The Hall–Kier alpha value is -3.16. The topological polar surface area (TPSA) is 121 Å². The number of anilines is 1. The molecule has 1 atom stereocenters. The van der Waals surface area contributed by atoms with Gasteiger partial charge in [-0.25, -0.2) is 0 Å². The molecule has 134 valence electrons. The Morgan fingerprint density at radius 3 is 2.69 bits per heavy atom. The zero-order valence-electron chi connectivity index (χ0n) is 14.4. The second-order valence-corrected chi connectivity index (χ2v) is 7.61. The number of carbonyl (C=O) groups is 1. The van der Waals surface area contributed by atoms with Crippen LogP contribution in [0.5, 0.6) is 0 Å². The largest absolute Gasteiger partial charge is 0.343 e. The van der Waals surface area contributed by atoms with Gasteiger partial charge in [0.15, 0.2) is 5.78 Å². The first-order chi connectivity index (χ1) is 12.3. The number of ketones is 1. The molecule has 2 heterocycles. The third-order valence-corrected chi connectivity index (χ3v) is 5.00. The number of hydrogen-bond acceptors (Lipinski definition) is 5. The molecule has 0 spiro atoms. The molecule has 1 aliphatic heterocycles. The fraction of sp³-hybridized carbons (Fsp3) is 0.333. The van der Waals surface area contributed by atoms with Crippen molar-refractivity contribution >= 4 is 17.3 Å². The average molecular weight is 354 g/mol. The summed E-state index contributed by atoms with van der Waals surface area (Å²) in [5, 5.41) is 19.7. The van der Waals surface area contributed by atoms with E-state index in [9.17, 15) is 19.7 Å². The number of nitro benzene ring substituents is 1. The Kier molecular flexibility index (Phi) is 3.40. The number of rotatable bonds is 2. The smallest absolute Gasteiger partial charge is 0.270 e. The lowest BCUT2D eigenvalue weighted by molar-refractivity contribution is -0.384. The summed E-state index contributed by atoms with van der Waals surface area (Å²) >= 11 is 0. The summed E-state index contributed by atoms with van der Waals surface area (Å²) in [4.78, 5) is 36.0. The highest BCUT2D eigenvalue weighted by Gasteiger charge is 2.42. The predicted molar refractivity (Wildman–Crippen MR) is 95.0 cm³/mol. The summed E-state index contributed by atoms with van der Waals surface area (Å²) in [6, 6.07) is 6.13. The fourth-order valence-electron chi connectivity index (χ4n) is 3.97. The van der Waals surface area contributed by atoms with Gasteiger partial charge in [0, 0.05) is 35.7 Å². The van der Waals surface area contributed by atoms with Crippen molar-refractivity contribution < 1.29 is 9.72 Å². The monoisotopic (exact) mass is 354 g/mol. The third kappa shape index (κ3) is 2.45. The number of nitrogens with one attached hydrogen (secondary N) is 3. The van der Waals surface area contributed by atoms with Gasteiger partial charge >= 0.3 is 0 Å². The van der Waals surface area contributed by atoms with E-state index in [4.69, 9.17) is 0 Å². The molecule has 0 fully saturated rings. The van der Waals surface area contributed by atoms with Crippen molar-refractivity contribution in [3.8, 4) is 0 Å². The molecule has 0 amide bonds. The van der Waals surface area contributed by atoms with Crippen LogP contribution < -0.4 is 10.9 Å². The molecular weight excluding hydrogens is 336 g/mol. The van der Waals surface area contributed by atoms with E-state index < -0.39 is 10.8 Å². The zero-order chi connectivity index (χ0) is 18.6. The zero-order valence-corrected chi connectivity index (χ0v) is 14.4. The minimum Gasteiger partial charge on any atom is -0.343 e. The highest BCUT2D eigenvalue weighted by Crippen LogP contribution is 2.47. The molecule has 3 N–H and O–H groups in total. The number of allylic oxidation sites excluding steroid dienone is 2. The fourth-order valence-corrected chi connectivity index (χ4v) is 3.97. The number of Topliss-reactive ketones (excluding diaryl/α,β-unsaturated/α-hetero) is 1. The Morgan fingerprint density at radius 2 is 1.96 bits per heavy atom. The van der Waals surface area contributed by atoms with E-state index in [0.717, 1.165) is 5.70 Å². The number of carbonyl (C=O) groups excluding carboxylic acids is 1. The number of nitrogens with zero attached hydrogens (tertiary/aromatic N) is 1. The lowest BCUT2D eigenvalue weighted by Crippen LogP contribution is -2.35. The molecule has 2 aromatic rings. The van der Waals surface area contributed by atoms with Crippen LogP contribution in [0.25, 0.3) is 0 Å². The molecular formula is C18H18N4O4. The van der Waals surface area contributed by atoms with Crippen molar-refractivity contribution in [2.45, 2.75) is 32.6 Å². The van der Waals surface area contributed by atoms with Gasteiger partial charge in [-0.2, -0.15) is 0 Å². The molecule has 2 aliphatic rings. The molecule has 1 aliphatic carbocycles. The summed E-state index contributed by atoms with van der Waals surface area (Å²) in [6.45, 7) is 4.04. The molecule has 0 saturated carbocycles. The molecule has 1 aromatic carbocycles. The van der Waals surface area contributed by atoms with Crippen LogP contribution in [-0.4, -0.2) is 20.9 Å². The Labute approximate surface area is 148 Å². The van der Waals surface area contributed by atoms with Crippen LogP contribution in [-0.2, 0) is 4.79 Å². The van der Waals surface area contributed by atoms with Crippen LogP contribution in [0.3, 0.4) is 0 Å². The van der Waals surface area contributed by atoms with Gasteiger partial charge < -0.3 is 5.32 Å². The van der Waals surface area contributed by atoms with Crippen LogP contribution in [0.4, 0.5) is 11.5 Å². The van der Waals surface area contributed by atoms with Crippen LogP contribution in [0.2, 0.25) is 0 Å². The van der Waals surface area contributed by atoms with E-state index in [2.05, 4.69) is 15.5 Å². The van der Waals surface area contributed by atoms with Gasteiger partial charge in [0.2, 0.25) is 0 Å². The summed E-state index contributed by atoms with van der Waals surface area (Å²) in [5.41, 5.74) is 1.65. The van der Waals surface area contributed by atoms with Gasteiger partial charge in [-0.05, 0) is 17.4 Å². The molecule has 0 saturated heterocycles. The van der Waals surface area contributed by atoms with Crippen molar-refractivity contribution in [3.05, 3.63) is 67.1 Å². The first-order valence-corrected chi connectivity index (χ1v) is 8.35. The third-order valence-electron chi connectivity index (χ3n) is 5.00. The van der Waals surface area contributed by atoms with E-state index in [1.807, 2.05) is 13.8 Å². The van der Waals surface area contributed by atoms with E-state index in [-0.39, 0.29) is 22.4 Å². The van der Waals surface area contributed by atoms with Gasteiger partial charge in [-0.15, -0.1) is 0 Å². The maximum Gasteiger partial charge on any atom is 0.270 e. The standard InChI is InChI=1S/C18H18N4O4/c1-18(2)7-11-14(12(23)8-18)13(15-16(19-11)20-21-17(15)24)9-4-3-5-10(6-9)22(25)26/h3-6,13H,7-8H2,1-2H3,(H3,19,20,21,24)/t13-/m0/s1. The van der Waals surface area contributed by atoms with E-state index in [0.29, 0.717) is 35.4 Å². The molecule has 26 heavy (non-hydrogen) atoms. The molecule has 0 bridgehead atoms. The first kappa shape index (κ1) is 16.3. The molecule has 8 heteroatoms. The lowest BCUT2D eigenvalue weighted by atomic mass is 9.69. The summed E-state index contributed by atoms with van der Waals surface area (Å²) in [5.74, 6) is -0.151. The minimum atomic E-state index is -0.625. The Bertz CT molecular complexity index is 1030. The number of non-ortho nitro benzene ring substituents is 1. The summed E-state index contributed by atoms with van der Waals surface area (Å²) in [6.07, 6.45) is 1.03. The van der Waals surface area contributed by atoms with Gasteiger partial charge in [0.25, 0.3) is 11.2 Å². The maximum absolute atomic E-state index is 12.9. The first-order valence-electron chi connectivity index (χ1n) is 8.35. The van der Waals surface area contributed by atoms with E-state index >= 15 is 0 Å². The van der Waals surface area contributed by atoms with Crippen molar-refractivity contribution in [2.24, 2.45) is 5.41 Å². The number of hydrogen-bond donors (Lipinski definition) is 3. The van der Waals surface area contributed by atoms with Crippen LogP contribution in [0.1, 0.15) is 43.7 Å². The van der Waals surface area contributed by atoms with Gasteiger partial charge in [-0.3, -0.25) is 29.9 Å². The average Bonchev–Trinajstić information content (AvgIpc) is 2.92. The van der Waals surface area contributed by atoms with Crippen molar-refractivity contribution in [2.75, 3.05) is 5.32 Å². The van der Waals surface area contributed by atoms with Gasteiger partial charge in [-0.1, -0.05) is 26.0 Å². The molecule has 4 rings (SSSR count). The number of aromatic amines is 2. The second-order valence-electron chi connectivity index (χ2n) is 7.61. The number of benzene rings is 1. The van der Waals surface area contributed by atoms with E-state index in [1.54, 1.807) is 12.1 Å². The van der Waals surface area contributed by atoms with Crippen molar-refractivity contribution in [3.63, 3.8) is 0 Å². The van der Waals surface area contributed by atoms with Gasteiger partial charge in [0.1, 0.15) is 5.82 Å². The van der Waals surface area contributed by atoms with E-state index in [1.165, 1.54) is 12.1 Å². The summed E-state index contributed by atoms with van der Waals surface area (Å²) in [7, 11) is 0.